The number of fused-ring (bicyclic) bond motifs is 13. The zero-order valence-corrected chi connectivity index (χ0v) is 32.1. The molecule has 56 heavy (non-hydrogen) atoms. The van der Waals surface area contributed by atoms with Crippen LogP contribution in [0.4, 0.5) is 22.7 Å². The summed E-state index contributed by atoms with van der Waals surface area (Å²) in [6.45, 7) is 9.52. The summed E-state index contributed by atoms with van der Waals surface area (Å²) in [5.41, 5.74) is 17.6. The molecule has 4 nitrogen and oxygen atoms in total. The first kappa shape index (κ1) is 32.0. The van der Waals surface area contributed by atoms with Crippen molar-refractivity contribution in [2.75, 3.05) is 9.80 Å². The van der Waals surface area contributed by atoms with Crippen LogP contribution in [-0.4, -0.2) is 6.04 Å². The molecule has 3 atom stereocenters. The number of allylic oxidation sites excluding steroid dienone is 2. The van der Waals surface area contributed by atoms with Crippen molar-refractivity contribution in [1.82, 2.24) is 0 Å². The molecular formula is C52H42N2O2. The summed E-state index contributed by atoms with van der Waals surface area (Å²) in [7, 11) is 0. The van der Waals surface area contributed by atoms with Crippen LogP contribution in [0.2, 0.25) is 0 Å². The van der Waals surface area contributed by atoms with Crippen LogP contribution >= 0.6 is 0 Å². The first-order valence-corrected chi connectivity index (χ1v) is 20.0. The first-order chi connectivity index (χ1) is 27.3. The summed E-state index contributed by atoms with van der Waals surface area (Å²) < 4.78 is 13.2. The normalized spacial score (nSPS) is 21.2. The van der Waals surface area contributed by atoms with E-state index in [-0.39, 0.29) is 29.0 Å². The Morgan fingerprint density at radius 3 is 2.16 bits per heavy atom. The van der Waals surface area contributed by atoms with Gasteiger partial charge in [-0.15, -0.1) is 0 Å². The predicted octanol–water partition coefficient (Wildman–Crippen LogP) is 13.3. The van der Waals surface area contributed by atoms with Crippen LogP contribution < -0.4 is 14.5 Å². The van der Waals surface area contributed by atoms with E-state index in [1.165, 1.54) is 61.5 Å². The highest BCUT2D eigenvalue weighted by Gasteiger charge is 2.51. The molecule has 3 unspecified atom stereocenters. The van der Waals surface area contributed by atoms with Crippen molar-refractivity contribution in [2.45, 2.75) is 63.1 Å². The summed E-state index contributed by atoms with van der Waals surface area (Å²) in [6, 6.07) is 51.3. The number of nitrogens with zero attached hydrogens (tertiary/aromatic N) is 2. The van der Waals surface area contributed by atoms with Gasteiger partial charge in [0.2, 0.25) is 0 Å². The topological polar surface area (TPSA) is 28.9 Å². The molecule has 0 amide bonds. The summed E-state index contributed by atoms with van der Waals surface area (Å²) in [5.74, 6) is 1.83. The molecule has 6 aromatic carbocycles. The molecule has 0 spiro atoms. The highest BCUT2D eigenvalue weighted by atomic mass is 16.5. The Bertz CT molecular complexity index is 2850. The predicted molar refractivity (Wildman–Crippen MR) is 227 cm³/mol. The molecule has 0 bridgehead atoms. The Kier molecular flexibility index (Phi) is 6.39. The molecule has 0 saturated carbocycles. The molecule has 3 aliphatic carbocycles. The van der Waals surface area contributed by atoms with Crippen molar-refractivity contribution in [1.29, 1.82) is 0 Å². The van der Waals surface area contributed by atoms with E-state index >= 15 is 0 Å². The second-order valence-corrected chi connectivity index (χ2v) is 17.2. The van der Waals surface area contributed by atoms with Crippen LogP contribution in [0, 0.1) is 0 Å². The van der Waals surface area contributed by atoms with Crippen molar-refractivity contribution in [3.8, 4) is 16.9 Å². The minimum Gasteiger partial charge on any atom is -0.479 e. The van der Waals surface area contributed by atoms with Crippen LogP contribution in [0.3, 0.4) is 0 Å². The minimum absolute atomic E-state index is 0.00931. The van der Waals surface area contributed by atoms with Gasteiger partial charge in [0, 0.05) is 38.8 Å². The summed E-state index contributed by atoms with van der Waals surface area (Å²) in [6.07, 6.45) is 5.77. The van der Waals surface area contributed by atoms with Crippen molar-refractivity contribution < 1.29 is 9.15 Å². The molecule has 3 heterocycles. The molecule has 7 aromatic rings. The van der Waals surface area contributed by atoms with Crippen molar-refractivity contribution in [3.05, 3.63) is 191 Å². The van der Waals surface area contributed by atoms with Gasteiger partial charge in [0.25, 0.3) is 0 Å². The Labute approximate surface area is 328 Å². The maximum atomic E-state index is 6.63. The zero-order chi connectivity index (χ0) is 37.5. The van der Waals surface area contributed by atoms with E-state index in [4.69, 9.17) is 9.15 Å². The smallest absolute Gasteiger partial charge is 0.183 e. The van der Waals surface area contributed by atoms with Crippen molar-refractivity contribution >= 4 is 39.3 Å². The number of ether oxygens (including phenoxy) is 1. The lowest BCUT2D eigenvalue weighted by Gasteiger charge is -2.36. The quantitative estimate of drug-likeness (QED) is 0.181. The van der Waals surface area contributed by atoms with E-state index in [2.05, 4.69) is 183 Å². The van der Waals surface area contributed by atoms with Crippen LogP contribution in [-0.2, 0) is 10.8 Å². The fourth-order valence-corrected chi connectivity index (χ4v) is 10.8. The van der Waals surface area contributed by atoms with E-state index in [0.29, 0.717) is 0 Å². The molecule has 0 fully saturated rings. The van der Waals surface area contributed by atoms with E-state index in [1.54, 1.807) is 0 Å². The van der Waals surface area contributed by atoms with E-state index in [9.17, 15) is 0 Å². The molecule has 4 heteroatoms. The van der Waals surface area contributed by atoms with Gasteiger partial charge in [0.1, 0.15) is 17.4 Å². The fourth-order valence-electron chi connectivity index (χ4n) is 10.8. The Morgan fingerprint density at radius 1 is 0.643 bits per heavy atom. The van der Waals surface area contributed by atoms with Crippen molar-refractivity contribution in [3.63, 3.8) is 0 Å². The van der Waals surface area contributed by atoms with Crippen molar-refractivity contribution in [2.24, 2.45) is 0 Å². The summed E-state index contributed by atoms with van der Waals surface area (Å²) in [4.78, 5) is 5.04. The third-order valence-corrected chi connectivity index (χ3v) is 13.5. The molecule has 0 saturated heterocycles. The molecule has 2 aliphatic heterocycles. The maximum Gasteiger partial charge on any atom is 0.183 e. The molecule has 0 radical (unpaired) electrons. The number of rotatable bonds is 4. The second-order valence-electron chi connectivity index (χ2n) is 17.2. The van der Waals surface area contributed by atoms with E-state index in [1.807, 2.05) is 6.07 Å². The van der Waals surface area contributed by atoms with Crippen LogP contribution in [0.5, 0.6) is 5.75 Å². The van der Waals surface area contributed by atoms with Crippen LogP contribution in [0.1, 0.15) is 79.8 Å². The number of anilines is 4. The van der Waals surface area contributed by atoms with Crippen LogP contribution in [0.25, 0.3) is 27.7 Å². The van der Waals surface area contributed by atoms with Gasteiger partial charge in [-0.3, -0.25) is 0 Å². The largest absolute Gasteiger partial charge is 0.479 e. The molecule has 0 N–H and O–H groups in total. The molecule has 1 aromatic heterocycles. The number of benzene rings is 6. The van der Waals surface area contributed by atoms with Gasteiger partial charge in [-0.1, -0.05) is 125 Å². The van der Waals surface area contributed by atoms with Gasteiger partial charge < -0.3 is 19.0 Å². The highest BCUT2D eigenvalue weighted by Crippen LogP contribution is 2.61. The molecular weight excluding hydrogens is 685 g/mol. The van der Waals surface area contributed by atoms with Crippen LogP contribution in [0.15, 0.2) is 162 Å². The Hall–Kier alpha value is -6.26. The minimum atomic E-state index is -0.210. The van der Waals surface area contributed by atoms with Gasteiger partial charge in [-0.2, -0.15) is 0 Å². The summed E-state index contributed by atoms with van der Waals surface area (Å²) >= 11 is 0. The number of para-hydroxylation sites is 2. The lowest BCUT2D eigenvalue weighted by atomic mass is 9.79. The fraction of sp³-hybridized carbons (Fsp3) is 0.192. The number of hydrogen-bond acceptors (Lipinski definition) is 4. The average Bonchev–Trinajstić information content (AvgIpc) is 3.98. The van der Waals surface area contributed by atoms with E-state index in [0.717, 1.165) is 40.3 Å². The molecule has 5 aliphatic rings. The SMILES string of the molecule is CC1(C)C2=CC(N(c3ccc(N4c5c(oc6ccccc56)C5Oc6ccccc6C54)cc3)c3ccc4c(c3)C(C)(C)c3ccccc3-4)CC=C2c2ccccc21. The number of furan rings is 1. The Morgan fingerprint density at radius 2 is 1.32 bits per heavy atom. The monoisotopic (exact) mass is 726 g/mol. The second kappa shape index (κ2) is 11.2. The van der Waals surface area contributed by atoms with Gasteiger partial charge in [-0.05, 0) is 106 Å². The lowest BCUT2D eigenvalue weighted by molar-refractivity contribution is 0.196. The lowest BCUT2D eigenvalue weighted by Crippen LogP contribution is -2.32. The van der Waals surface area contributed by atoms with Gasteiger partial charge in [0.15, 0.2) is 11.9 Å². The molecule has 272 valence electrons. The maximum absolute atomic E-state index is 6.63. The standard InChI is InChI=1S/C52H42N2O2/c1-51(2)41-17-9-5-13-35(41)37-27-25-33(29-43(37)51)53(34-26-28-38-36-14-6-10-18-42(36)52(3,4)44(38)30-34)31-21-23-32(24-22-31)54-47-39-15-7-11-19-45(39)55-49(47)50-48(54)40-16-8-12-20-46(40)56-50/h5-25,27-30,34,47,49H,26H2,1-4H3. The average molecular weight is 727 g/mol. The highest BCUT2D eigenvalue weighted by molar-refractivity contribution is 5.98. The Balaban J connectivity index is 0.998. The van der Waals surface area contributed by atoms with Gasteiger partial charge >= 0.3 is 0 Å². The third-order valence-electron chi connectivity index (χ3n) is 13.5. The zero-order valence-electron chi connectivity index (χ0n) is 32.1. The van der Waals surface area contributed by atoms with Gasteiger partial charge in [-0.25, -0.2) is 0 Å². The summed E-state index contributed by atoms with van der Waals surface area (Å²) in [5, 5.41) is 1.11. The first-order valence-electron chi connectivity index (χ1n) is 20.0. The van der Waals surface area contributed by atoms with E-state index < -0.39 is 0 Å². The molecule has 12 rings (SSSR count). The van der Waals surface area contributed by atoms with Gasteiger partial charge in [0.05, 0.1) is 11.7 Å². The third kappa shape index (κ3) is 4.19. The number of hydrogen-bond donors (Lipinski definition) is 0.